The summed E-state index contributed by atoms with van der Waals surface area (Å²) in [6.07, 6.45) is 1.68. The Morgan fingerprint density at radius 3 is 2.87 bits per heavy atom. The van der Waals surface area contributed by atoms with Crippen LogP contribution in [0.2, 0.25) is 5.02 Å². The van der Waals surface area contributed by atoms with Gasteiger partial charge in [-0.25, -0.2) is 4.98 Å². The Hall–Kier alpha value is -1.39. The summed E-state index contributed by atoms with van der Waals surface area (Å²) in [5, 5.41) is 3.10. The highest BCUT2D eigenvalue weighted by molar-refractivity contribution is 7.13. The Bertz CT molecular complexity index is 496. The van der Waals surface area contributed by atoms with Crippen LogP contribution in [0.3, 0.4) is 0 Å². The van der Waals surface area contributed by atoms with Crippen molar-refractivity contribution in [3.63, 3.8) is 0 Å². The normalized spacial score (nSPS) is 10.2. The number of thiazole rings is 1. The van der Waals surface area contributed by atoms with Crippen LogP contribution in [0, 0.1) is 0 Å². The average molecular weight is 239 g/mol. The summed E-state index contributed by atoms with van der Waals surface area (Å²) in [5.74, 6) is -0.497. The minimum Gasteiger partial charge on any atom is -0.366 e. The molecular weight excluding hydrogens is 232 g/mol. The summed E-state index contributed by atoms with van der Waals surface area (Å²) < 4.78 is 0. The number of carbonyl (C=O) groups excluding carboxylic acids is 1. The number of aromatic nitrogens is 1. The molecule has 76 valence electrons. The Labute approximate surface area is 95.5 Å². The van der Waals surface area contributed by atoms with Crippen LogP contribution in [0.5, 0.6) is 0 Å². The second kappa shape index (κ2) is 4.00. The standard InChI is InChI=1S/C10H7ClN2OS/c11-6-1-2-7(8(5-6)9(12)14)10-13-3-4-15-10/h1-5H,(H2,12,14). The number of primary amides is 1. The fourth-order valence-electron chi connectivity index (χ4n) is 1.26. The van der Waals surface area contributed by atoms with Crippen molar-refractivity contribution in [2.75, 3.05) is 0 Å². The molecule has 0 aliphatic heterocycles. The molecule has 0 spiro atoms. The Balaban J connectivity index is 2.61. The van der Waals surface area contributed by atoms with Crippen molar-refractivity contribution < 1.29 is 4.79 Å². The van der Waals surface area contributed by atoms with Crippen LogP contribution in [0.1, 0.15) is 10.4 Å². The van der Waals surface area contributed by atoms with Crippen molar-refractivity contribution in [3.8, 4) is 10.6 Å². The fourth-order valence-corrected chi connectivity index (χ4v) is 2.11. The molecule has 1 aromatic carbocycles. The Kier molecular flexibility index (Phi) is 2.70. The molecule has 3 nitrogen and oxygen atoms in total. The lowest BCUT2D eigenvalue weighted by molar-refractivity contribution is 0.100. The minimum absolute atomic E-state index is 0.400. The lowest BCUT2D eigenvalue weighted by Crippen LogP contribution is -2.12. The fraction of sp³-hybridized carbons (Fsp3) is 0. The minimum atomic E-state index is -0.497. The molecule has 0 aliphatic rings. The first-order valence-corrected chi connectivity index (χ1v) is 5.43. The first kappa shape index (κ1) is 10.1. The first-order valence-electron chi connectivity index (χ1n) is 4.17. The van der Waals surface area contributed by atoms with Crippen molar-refractivity contribution in [1.29, 1.82) is 0 Å². The SMILES string of the molecule is NC(=O)c1cc(Cl)ccc1-c1nccs1. The molecule has 0 saturated carbocycles. The number of rotatable bonds is 2. The summed E-state index contributed by atoms with van der Waals surface area (Å²) >= 11 is 7.25. The molecule has 5 heteroatoms. The highest BCUT2D eigenvalue weighted by Gasteiger charge is 2.12. The summed E-state index contributed by atoms with van der Waals surface area (Å²) in [4.78, 5) is 15.3. The molecule has 1 amide bonds. The van der Waals surface area contributed by atoms with Gasteiger partial charge in [0.1, 0.15) is 5.01 Å². The Morgan fingerprint density at radius 1 is 1.47 bits per heavy atom. The van der Waals surface area contributed by atoms with Gasteiger partial charge in [-0.1, -0.05) is 11.6 Å². The van der Waals surface area contributed by atoms with E-state index in [1.54, 1.807) is 24.4 Å². The third-order valence-electron chi connectivity index (χ3n) is 1.91. The van der Waals surface area contributed by atoms with Gasteiger partial charge in [0.2, 0.25) is 5.91 Å². The highest BCUT2D eigenvalue weighted by Crippen LogP contribution is 2.27. The van der Waals surface area contributed by atoms with Crippen LogP contribution in [-0.4, -0.2) is 10.9 Å². The zero-order chi connectivity index (χ0) is 10.8. The average Bonchev–Trinajstić information content (AvgIpc) is 2.70. The molecular formula is C10H7ClN2OS. The zero-order valence-corrected chi connectivity index (χ0v) is 9.18. The predicted octanol–water partition coefficient (Wildman–Crippen LogP) is 2.56. The maximum absolute atomic E-state index is 11.2. The number of benzene rings is 1. The van der Waals surface area contributed by atoms with E-state index in [4.69, 9.17) is 17.3 Å². The smallest absolute Gasteiger partial charge is 0.249 e. The van der Waals surface area contributed by atoms with Crippen molar-refractivity contribution in [1.82, 2.24) is 4.98 Å². The third kappa shape index (κ3) is 2.00. The van der Waals surface area contributed by atoms with Crippen LogP contribution in [0.4, 0.5) is 0 Å². The molecule has 0 saturated heterocycles. The second-order valence-corrected chi connectivity index (χ2v) is 4.22. The topological polar surface area (TPSA) is 56.0 Å². The summed E-state index contributed by atoms with van der Waals surface area (Å²) in [5.41, 5.74) is 6.39. The predicted molar refractivity (Wildman–Crippen MR) is 61.1 cm³/mol. The van der Waals surface area contributed by atoms with Crippen molar-refractivity contribution in [3.05, 3.63) is 40.4 Å². The van der Waals surface area contributed by atoms with Crippen LogP contribution >= 0.6 is 22.9 Å². The van der Waals surface area contributed by atoms with E-state index in [0.29, 0.717) is 10.6 Å². The zero-order valence-electron chi connectivity index (χ0n) is 7.61. The second-order valence-electron chi connectivity index (χ2n) is 2.89. The van der Waals surface area contributed by atoms with Gasteiger partial charge in [-0.3, -0.25) is 4.79 Å². The van der Waals surface area contributed by atoms with Gasteiger partial charge in [-0.2, -0.15) is 0 Å². The summed E-state index contributed by atoms with van der Waals surface area (Å²) in [6.45, 7) is 0. The lowest BCUT2D eigenvalue weighted by Gasteiger charge is -2.03. The summed E-state index contributed by atoms with van der Waals surface area (Å²) in [6, 6.07) is 5.02. The number of hydrogen-bond acceptors (Lipinski definition) is 3. The monoisotopic (exact) mass is 238 g/mol. The first-order chi connectivity index (χ1) is 7.18. The van der Waals surface area contributed by atoms with Crippen LogP contribution in [0.15, 0.2) is 29.8 Å². The van der Waals surface area contributed by atoms with Crippen molar-refractivity contribution in [2.24, 2.45) is 5.73 Å². The molecule has 1 aromatic heterocycles. The quantitative estimate of drug-likeness (QED) is 0.874. The number of nitrogens with two attached hydrogens (primary N) is 1. The molecule has 0 radical (unpaired) electrons. The highest BCUT2D eigenvalue weighted by atomic mass is 35.5. The molecule has 2 N–H and O–H groups in total. The molecule has 0 aliphatic carbocycles. The molecule has 0 fully saturated rings. The van der Waals surface area contributed by atoms with Gasteiger partial charge >= 0.3 is 0 Å². The van der Waals surface area contributed by atoms with E-state index in [1.165, 1.54) is 11.3 Å². The number of hydrogen-bond donors (Lipinski definition) is 1. The third-order valence-corrected chi connectivity index (χ3v) is 2.95. The van der Waals surface area contributed by atoms with Gasteiger partial charge in [0.05, 0.1) is 5.56 Å². The van der Waals surface area contributed by atoms with E-state index in [0.717, 1.165) is 10.6 Å². The molecule has 1 heterocycles. The molecule has 15 heavy (non-hydrogen) atoms. The van der Waals surface area contributed by atoms with Crippen molar-refractivity contribution in [2.45, 2.75) is 0 Å². The number of carbonyl (C=O) groups is 1. The number of nitrogens with zero attached hydrogens (tertiary/aromatic N) is 1. The van der Waals surface area contributed by atoms with E-state index in [1.807, 2.05) is 5.38 Å². The van der Waals surface area contributed by atoms with E-state index < -0.39 is 5.91 Å². The molecule has 2 rings (SSSR count). The van der Waals surface area contributed by atoms with Gasteiger partial charge in [-0.15, -0.1) is 11.3 Å². The Morgan fingerprint density at radius 2 is 2.27 bits per heavy atom. The molecule has 2 aromatic rings. The van der Waals surface area contributed by atoms with Gasteiger partial charge in [0.25, 0.3) is 0 Å². The maximum Gasteiger partial charge on any atom is 0.249 e. The van der Waals surface area contributed by atoms with E-state index >= 15 is 0 Å². The molecule has 0 unspecified atom stereocenters. The number of halogens is 1. The van der Waals surface area contributed by atoms with Crippen LogP contribution < -0.4 is 5.73 Å². The molecule has 0 bridgehead atoms. The lowest BCUT2D eigenvalue weighted by atomic mass is 10.1. The van der Waals surface area contributed by atoms with Crippen molar-refractivity contribution >= 4 is 28.8 Å². The number of amides is 1. The largest absolute Gasteiger partial charge is 0.366 e. The van der Waals surface area contributed by atoms with Crippen LogP contribution in [0.25, 0.3) is 10.6 Å². The maximum atomic E-state index is 11.2. The summed E-state index contributed by atoms with van der Waals surface area (Å²) in [7, 11) is 0. The van der Waals surface area contributed by atoms with Gasteiger partial charge in [0.15, 0.2) is 0 Å². The van der Waals surface area contributed by atoms with Gasteiger partial charge in [0, 0.05) is 22.2 Å². The van der Waals surface area contributed by atoms with Gasteiger partial charge < -0.3 is 5.73 Å². The van der Waals surface area contributed by atoms with Crippen LogP contribution in [-0.2, 0) is 0 Å². The van der Waals surface area contributed by atoms with E-state index in [9.17, 15) is 4.79 Å². The molecule has 0 atom stereocenters. The van der Waals surface area contributed by atoms with Gasteiger partial charge in [-0.05, 0) is 18.2 Å². The van der Waals surface area contributed by atoms with E-state index in [-0.39, 0.29) is 0 Å². The van der Waals surface area contributed by atoms with E-state index in [2.05, 4.69) is 4.98 Å².